The number of amides is 3. The number of rotatable bonds is 6. The minimum Gasteiger partial charge on any atom is -0.491 e. The van der Waals surface area contributed by atoms with Crippen molar-refractivity contribution >= 4 is 17.6 Å². The van der Waals surface area contributed by atoms with Gasteiger partial charge in [-0.1, -0.05) is 56.5 Å². The smallest absolute Gasteiger partial charge is 0.319 e. The number of urea groups is 1. The van der Waals surface area contributed by atoms with Crippen LogP contribution in [0.25, 0.3) is 0 Å². The molecule has 0 aromatic heterocycles. The highest BCUT2D eigenvalue weighted by atomic mass is 16.5. The quantitative estimate of drug-likeness (QED) is 0.517. The molecule has 3 amide bonds. The van der Waals surface area contributed by atoms with Crippen LogP contribution in [0.2, 0.25) is 0 Å². The first kappa shape index (κ1) is 29.9. The van der Waals surface area contributed by atoms with Crippen LogP contribution in [-0.4, -0.2) is 80.3 Å². The average molecular weight is 551 g/mol. The molecule has 1 heterocycles. The molecule has 3 atom stereocenters. The number of fused-ring (bicyclic) bond motifs is 1. The zero-order valence-electron chi connectivity index (χ0n) is 24.5. The van der Waals surface area contributed by atoms with E-state index in [2.05, 4.69) is 53.6 Å². The van der Waals surface area contributed by atoms with E-state index < -0.39 is 0 Å². The first-order chi connectivity index (χ1) is 19.3. The van der Waals surface area contributed by atoms with Gasteiger partial charge in [0.05, 0.1) is 11.7 Å². The summed E-state index contributed by atoms with van der Waals surface area (Å²) in [6.07, 6.45) is 6.40. The largest absolute Gasteiger partial charge is 0.491 e. The Kier molecular flexibility index (Phi) is 10.8. The van der Waals surface area contributed by atoms with Crippen molar-refractivity contribution in [3.63, 3.8) is 0 Å². The Morgan fingerprint density at radius 2 is 1.80 bits per heavy atom. The second-order valence-electron chi connectivity index (χ2n) is 11.5. The van der Waals surface area contributed by atoms with E-state index in [0.29, 0.717) is 30.2 Å². The normalized spacial score (nSPS) is 23.4. The fourth-order valence-corrected chi connectivity index (χ4v) is 5.75. The topological polar surface area (TPSA) is 83.1 Å². The number of anilines is 1. The number of hydrogen-bond donors (Lipinski definition) is 2. The molecule has 0 spiro atoms. The van der Waals surface area contributed by atoms with Crippen molar-refractivity contribution in [1.29, 1.82) is 0 Å². The van der Waals surface area contributed by atoms with Crippen molar-refractivity contribution in [3.8, 4) is 5.75 Å². The van der Waals surface area contributed by atoms with Crippen molar-refractivity contribution in [2.75, 3.05) is 45.7 Å². The van der Waals surface area contributed by atoms with Crippen molar-refractivity contribution in [3.05, 3.63) is 59.7 Å². The molecule has 0 radical (unpaired) electrons. The molecule has 1 aliphatic heterocycles. The summed E-state index contributed by atoms with van der Waals surface area (Å²) in [5.41, 5.74) is 2.38. The van der Waals surface area contributed by atoms with Gasteiger partial charge in [-0.15, -0.1) is 0 Å². The molecule has 2 aliphatic rings. The van der Waals surface area contributed by atoms with Gasteiger partial charge in [0.1, 0.15) is 12.4 Å². The average Bonchev–Trinajstić information content (AvgIpc) is 2.96. The van der Waals surface area contributed by atoms with Crippen molar-refractivity contribution in [2.24, 2.45) is 5.92 Å². The molecule has 1 fully saturated rings. The molecule has 2 aromatic carbocycles. The lowest BCUT2D eigenvalue weighted by atomic mass is 9.96. The van der Waals surface area contributed by atoms with Gasteiger partial charge in [0.15, 0.2) is 0 Å². The molecule has 8 nitrogen and oxygen atoms in total. The number of likely N-dealkylation sites (N-methyl/N-ethyl adjacent to an activating group) is 1. The van der Waals surface area contributed by atoms with Crippen LogP contribution in [0.15, 0.2) is 48.5 Å². The summed E-state index contributed by atoms with van der Waals surface area (Å²) in [6.45, 7) is 6.96. The van der Waals surface area contributed by atoms with E-state index in [1.54, 1.807) is 37.3 Å². The van der Waals surface area contributed by atoms with Crippen LogP contribution >= 0.6 is 0 Å². The Balaban J connectivity index is 1.53. The van der Waals surface area contributed by atoms with Gasteiger partial charge in [0, 0.05) is 57.6 Å². The summed E-state index contributed by atoms with van der Waals surface area (Å²) < 4.78 is 12.2. The van der Waals surface area contributed by atoms with Crippen LogP contribution in [0.4, 0.5) is 10.5 Å². The summed E-state index contributed by atoms with van der Waals surface area (Å²) in [5, 5.41) is 6.04. The summed E-state index contributed by atoms with van der Waals surface area (Å²) in [7, 11) is 3.52. The maximum Gasteiger partial charge on any atom is 0.319 e. The second-order valence-corrected chi connectivity index (χ2v) is 11.5. The first-order valence-corrected chi connectivity index (χ1v) is 14.7. The molecular weight excluding hydrogens is 504 g/mol. The second kappa shape index (κ2) is 14.5. The van der Waals surface area contributed by atoms with E-state index >= 15 is 0 Å². The molecule has 0 unspecified atom stereocenters. The molecule has 0 saturated heterocycles. The Bertz CT molecular complexity index is 1110. The molecule has 218 valence electrons. The molecule has 4 rings (SSSR count). The molecule has 1 saturated carbocycles. The van der Waals surface area contributed by atoms with Crippen LogP contribution in [-0.2, 0) is 11.2 Å². The van der Waals surface area contributed by atoms with Gasteiger partial charge < -0.3 is 25.0 Å². The number of carbonyl (C=O) groups excluding carboxylic acids is 2. The van der Waals surface area contributed by atoms with Crippen molar-refractivity contribution in [1.82, 2.24) is 15.1 Å². The van der Waals surface area contributed by atoms with Gasteiger partial charge in [-0.05, 0) is 49.8 Å². The van der Waals surface area contributed by atoms with Gasteiger partial charge in [-0.3, -0.25) is 9.69 Å². The maximum absolute atomic E-state index is 13.5. The van der Waals surface area contributed by atoms with E-state index in [4.69, 9.17) is 9.47 Å². The monoisotopic (exact) mass is 550 g/mol. The van der Waals surface area contributed by atoms with Gasteiger partial charge in [0.2, 0.25) is 0 Å². The van der Waals surface area contributed by atoms with Crippen LogP contribution in [0, 0.1) is 5.92 Å². The third-order valence-corrected chi connectivity index (χ3v) is 8.30. The van der Waals surface area contributed by atoms with Crippen LogP contribution in [0.5, 0.6) is 5.75 Å². The molecule has 8 heteroatoms. The number of carbonyl (C=O) groups is 2. The van der Waals surface area contributed by atoms with Gasteiger partial charge >= 0.3 is 6.03 Å². The Labute approximate surface area is 239 Å². The first-order valence-electron chi connectivity index (χ1n) is 14.7. The zero-order valence-corrected chi connectivity index (χ0v) is 24.5. The van der Waals surface area contributed by atoms with E-state index in [1.807, 2.05) is 6.07 Å². The minimum atomic E-state index is -0.221. The highest BCUT2D eigenvalue weighted by Gasteiger charge is 2.28. The third-order valence-electron chi connectivity index (χ3n) is 8.30. The van der Waals surface area contributed by atoms with Crippen LogP contribution < -0.4 is 15.4 Å². The van der Waals surface area contributed by atoms with Crippen molar-refractivity contribution in [2.45, 2.75) is 70.6 Å². The Morgan fingerprint density at radius 1 is 1.05 bits per heavy atom. The standard InChI is InChI=1S/C32H46N4O4/c1-23-20-36(18-17-25-11-7-5-8-12-25)24(2)22-40-29-19-27(34-32(38)33-26-13-9-6-10-14-26)15-16-28(29)31(37)35(3)21-30(23)39-4/h5,7-8,11-12,15-16,19,23-24,26,30H,6,9-10,13-14,17-18,20-22H2,1-4H3,(H2,33,34,38)/t23-,24-,30-/m1/s1. The third kappa shape index (κ3) is 8.21. The lowest BCUT2D eigenvalue weighted by Gasteiger charge is -2.36. The summed E-state index contributed by atoms with van der Waals surface area (Å²) in [6, 6.07) is 15.9. The number of methoxy groups -OCH3 is 1. The molecule has 40 heavy (non-hydrogen) atoms. The number of nitrogens with zero attached hydrogens (tertiary/aromatic N) is 2. The highest BCUT2D eigenvalue weighted by Crippen LogP contribution is 2.27. The fourth-order valence-electron chi connectivity index (χ4n) is 5.75. The lowest BCUT2D eigenvalue weighted by Crippen LogP contribution is -2.47. The Morgan fingerprint density at radius 3 is 2.52 bits per heavy atom. The fraction of sp³-hybridized carbons (Fsp3) is 0.562. The predicted octanol–water partition coefficient (Wildman–Crippen LogP) is 5.19. The van der Waals surface area contributed by atoms with E-state index in [9.17, 15) is 9.59 Å². The SMILES string of the molecule is CO[C@@H]1CN(C)C(=O)c2ccc(NC(=O)NC3CCCCC3)cc2OC[C@@H](C)N(CCc2ccccc2)C[C@H]1C. The molecular formula is C32H46N4O4. The highest BCUT2D eigenvalue weighted by molar-refractivity contribution is 5.98. The van der Waals surface area contributed by atoms with Crippen LogP contribution in [0.3, 0.4) is 0 Å². The molecule has 2 aromatic rings. The lowest BCUT2D eigenvalue weighted by molar-refractivity contribution is 0.0109. The summed E-state index contributed by atoms with van der Waals surface area (Å²) >= 11 is 0. The predicted molar refractivity (Wildman–Crippen MR) is 159 cm³/mol. The number of nitrogens with one attached hydrogen (secondary N) is 2. The van der Waals surface area contributed by atoms with E-state index in [1.165, 1.54) is 12.0 Å². The number of hydrogen-bond acceptors (Lipinski definition) is 5. The number of ether oxygens (including phenoxy) is 2. The molecule has 0 bridgehead atoms. The number of benzene rings is 2. The van der Waals surface area contributed by atoms with Crippen molar-refractivity contribution < 1.29 is 19.1 Å². The van der Waals surface area contributed by atoms with E-state index in [-0.39, 0.29) is 36.0 Å². The van der Waals surface area contributed by atoms with Gasteiger partial charge in [-0.25, -0.2) is 4.79 Å². The summed E-state index contributed by atoms with van der Waals surface area (Å²) in [4.78, 5) is 30.4. The Hall–Kier alpha value is -3.10. The van der Waals surface area contributed by atoms with E-state index in [0.717, 1.165) is 45.2 Å². The molecule has 1 aliphatic carbocycles. The van der Waals surface area contributed by atoms with Gasteiger partial charge in [-0.2, -0.15) is 0 Å². The minimum absolute atomic E-state index is 0.103. The summed E-state index contributed by atoms with van der Waals surface area (Å²) in [5.74, 6) is 0.563. The maximum atomic E-state index is 13.5. The van der Waals surface area contributed by atoms with Gasteiger partial charge in [0.25, 0.3) is 5.91 Å². The van der Waals surface area contributed by atoms with Crippen LogP contribution in [0.1, 0.15) is 61.9 Å². The molecule has 2 N–H and O–H groups in total. The zero-order chi connectivity index (χ0) is 28.5.